The third-order valence-electron chi connectivity index (χ3n) is 2.96. The Hall–Kier alpha value is -1.76. The molecule has 0 atom stereocenters. The highest BCUT2D eigenvalue weighted by Gasteiger charge is 2.21. The molecule has 0 unspecified atom stereocenters. The fourth-order valence-corrected chi connectivity index (χ4v) is 2.89. The first-order valence-corrected chi connectivity index (χ1v) is 7.63. The Morgan fingerprint density at radius 1 is 1.15 bits per heavy atom. The van der Waals surface area contributed by atoms with Gasteiger partial charge in [0.1, 0.15) is 4.90 Å². The Kier molecular flexibility index (Phi) is 4.49. The van der Waals surface area contributed by atoms with Gasteiger partial charge in [-0.15, -0.1) is 0 Å². The van der Waals surface area contributed by atoms with Crippen LogP contribution in [0.25, 0.3) is 0 Å². The summed E-state index contributed by atoms with van der Waals surface area (Å²) in [4.78, 5) is 4.20. The van der Waals surface area contributed by atoms with Gasteiger partial charge in [-0.25, -0.2) is 8.42 Å². The molecule has 1 heterocycles. The predicted molar refractivity (Wildman–Crippen MR) is 77.2 cm³/mol. The molecule has 6 heteroatoms. The summed E-state index contributed by atoms with van der Waals surface area (Å²) in [5.74, 6) is 0. The number of hydrogen-bond acceptors (Lipinski definition) is 4. The van der Waals surface area contributed by atoms with Crippen molar-refractivity contribution in [2.75, 3.05) is 7.05 Å². The summed E-state index contributed by atoms with van der Waals surface area (Å²) < 4.78 is 26.1. The highest BCUT2D eigenvalue weighted by Crippen LogP contribution is 2.16. The summed E-state index contributed by atoms with van der Waals surface area (Å²) in [6.07, 6.45) is 1.35. The van der Waals surface area contributed by atoms with E-state index in [0.29, 0.717) is 18.8 Å². The number of aromatic nitrogens is 1. The molecule has 0 radical (unpaired) electrons. The van der Waals surface area contributed by atoms with Crippen LogP contribution in [0.3, 0.4) is 0 Å². The minimum absolute atomic E-state index is 0.174. The quantitative estimate of drug-likeness (QED) is 0.902. The van der Waals surface area contributed by atoms with Gasteiger partial charge in [0.15, 0.2) is 0 Å². The second-order valence-corrected chi connectivity index (χ2v) is 6.48. The molecule has 0 saturated carbocycles. The SMILES string of the molecule is CN(Cc1ccccc1)S(=O)(=O)c1ccc(CN)nc1. The number of benzene rings is 1. The largest absolute Gasteiger partial charge is 0.325 e. The van der Waals surface area contributed by atoms with Gasteiger partial charge in [-0.1, -0.05) is 30.3 Å². The fourth-order valence-electron chi connectivity index (χ4n) is 1.79. The molecule has 0 bridgehead atoms. The molecule has 106 valence electrons. The van der Waals surface area contributed by atoms with Crippen LogP contribution in [0, 0.1) is 0 Å². The molecular weight excluding hydrogens is 274 g/mol. The minimum Gasteiger partial charge on any atom is -0.325 e. The van der Waals surface area contributed by atoms with Gasteiger partial charge in [0.05, 0.1) is 5.69 Å². The van der Waals surface area contributed by atoms with Crippen molar-refractivity contribution >= 4 is 10.0 Å². The number of pyridine rings is 1. The molecule has 5 nitrogen and oxygen atoms in total. The standard InChI is InChI=1S/C14H17N3O2S/c1-17(11-12-5-3-2-4-6-12)20(18,19)14-8-7-13(9-15)16-10-14/h2-8,10H,9,11,15H2,1H3. The minimum atomic E-state index is -3.53. The topological polar surface area (TPSA) is 76.3 Å². The van der Waals surface area contributed by atoms with E-state index in [9.17, 15) is 8.42 Å². The third-order valence-corrected chi connectivity index (χ3v) is 4.75. The van der Waals surface area contributed by atoms with Crippen LogP contribution in [0.5, 0.6) is 0 Å². The molecule has 2 N–H and O–H groups in total. The first kappa shape index (κ1) is 14.6. The summed E-state index contributed by atoms with van der Waals surface area (Å²) in [5, 5.41) is 0. The van der Waals surface area contributed by atoms with Gasteiger partial charge in [-0.05, 0) is 17.7 Å². The van der Waals surface area contributed by atoms with E-state index in [0.717, 1.165) is 5.56 Å². The molecule has 0 saturated heterocycles. The van der Waals surface area contributed by atoms with Gasteiger partial charge in [0.2, 0.25) is 10.0 Å². The maximum atomic E-state index is 12.4. The van der Waals surface area contributed by atoms with Crippen molar-refractivity contribution in [1.82, 2.24) is 9.29 Å². The van der Waals surface area contributed by atoms with Crippen molar-refractivity contribution in [2.24, 2.45) is 5.73 Å². The summed E-state index contributed by atoms with van der Waals surface area (Å²) in [6, 6.07) is 12.6. The van der Waals surface area contributed by atoms with Crippen molar-refractivity contribution in [2.45, 2.75) is 18.0 Å². The lowest BCUT2D eigenvalue weighted by Gasteiger charge is -2.17. The van der Waals surface area contributed by atoms with Gasteiger partial charge in [0.25, 0.3) is 0 Å². The summed E-state index contributed by atoms with van der Waals surface area (Å²) in [7, 11) is -1.98. The van der Waals surface area contributed by atoms with Gasteiger partial charge in [-0.2, -0.15) is 4.31 Å². The van der Waals surface area contributed by atoms with E-state index in [2.05, 4.69) is 4.98 Å². The third kappa shape index (κ3) is 3.22. The predicted octanol–water partition coefficient (Wildman–Crippen LogP) is 1.36. The zero-order chi connectivity index (χ0) is 14.6. The van der Waals surface area contributed by atoms with Crippen LogP contribution in [-0.4, -0.2) is 24.8 Å². The Balaban J connectivity index is 2.20. The summed E-state index contributed by atoms with van der Waals surface area (Å²) in [6.45, 7) is 0.613. The van der Waals surface area contributed by atoms with Gasteiger partial charge in [0, 0.05) is 26.3 Å². The van der Waals surface area contributed by atoms with Gasteiger partial charge >= 0.3 is 0 Å². The number of nitrogens with zero attached hydrogens (tertiary/aromatic N) is 2. The van der Waals surface area contributed by atoms with Gasteiger partial charge in [-0.3, -0.25) is 4.98 Å². The molecule has 0 spiro atoms. The molecule has 2 rings (SSSR count). The van der Waals surface area contributed by atoms with Crippen molar-refractivity contribution in [3.8, 4) is 0 Å². The van der Waals surface area contributed by atoms with Crippen LogP contribution in [-0.2, 0) is 23.1 Å². The number of nitrogens with two attached hydrogens (primary N) is 1. The molecule has 1 aromatic heterocycles. The van der Waals surface area contributed by atoms with Crippen LogP contribution < -0.4 is 5.73 Å². The maximum Gasteiger partial charge on any atom is 0.244 e. The highest BCUT2D eigenvalue weighted by atomic mass is 32.2. The first-order valence-electron chi connectivity index (χ1n) is 6.19. The van der Waals surface area contributed by atoms with E-state index < -0.39 is 10.0 Å². The smallest absolute Gasteiger partial charge is 0.244 e. The van der Waals surface area contributed by atoms with E-state index >= 15 is 0 Å². The molecule has 0 amide bonds. The lowest BCUT2D eigenvalue weighted by atomic mass is 10.2. The zero-order valence-corrected chi connectivity index (χ0v) is 12.0. The molecule has 20 heavy (non-hydrogen) atoms. The van der Waals surface area contributed by atoms with Crippen LogP contribution in [0.1, 0.15) is 11.3 Å². The lowest BCUT2D eigenvalue weighted by Crippen LogP contribution is -2.26. The molecule has 0 aliphatic carbocycles. The Labute approximate surface area is 119 Å². The molecule has 2 aromatic rings. The van der Waals surface area contributed by atoms with E-state index in [4.69, 9.17) is 5.73 Å². The molecule has 0 aliphatic rings. The monoisotopic (exact) mass is 291 g/mol. The van der Waals surface area contributed by atoms with Crippen LogP contribution >= 0.6 is 0 Å². The van der Waals surface area contributed by atoms with Crippen molar-refractivity contribution < 1.29 is 8.42 Å². The molecular formula is C14H17N3O2S. The molecule has 0 aliphatic heterocycles. The summed E-state index contributed by atoms with van der Waals surface area (Å²) >= 11 is 0. The Bertz CT molecular complexity index is 655. The molecule has 1 aromatic carbocycles. The normalized spacial score (nSPS) is 11.8. The Morgan fingerprint density at radius 3 is 2.40 bits per heavy atom. The van der Waals surface area contributed by atoms with Crippen LogP contribution in [0.4, 0.5) is 0 Å². The second kappa shape index (κ2) is 6.13. The number of rotatable bonds is 5. The number of sulfonamides is 1. The zero-order valence-electron chi connectivity index (χ0n) is 11.2. The van der Waals surface area contributed by atoms with Crippen molar-refractivity contribution in [3.63, 3.8) is 0 Å². The first-order chi connectivity index (χ1) is 9.54. The average molecular weight is 291 g/mol. The average Bonchev–Trinajstić information content (AvgIpc) is 2.48. The molecule has 0 fully saturated rings. The number of hydrogen-bond donors (Lipinski definition) is 1. The lowest BCUT2D eigenvalue weighted by molar-refractivity contribution is 0.466. The highest BCUT2D eigenvalue weighted by molar-refractivity contribution is 7.89. The van der Waals surface area contributed by atoms with E-state index in [1.807, 2.05) is 30.3 Å². The Morgan fingerprint density at radius 2 is 1.85 bits per heavy atom. The second-order valence-electron chi connectivity index (χ2n) is 4.44. The van der Waals surface area contributed by atoms with Crippen molar-refractivity contribution in [3.05, 3.63) is 59.9 Å². The fraction of sp³-hybridized carbons (Fsp3) is 0.214. The van der Waals surface area contributed by atoms with Crippen LogP contribution in [0.15, 0.2) is 53.6 Å². The van der Waals surface area contributed by atoms with Crippen LogP contribution in [0.2, 0.25) is 0 Å². The van der Waals surface area contributed by atoms with E-state index in [-0.39, 0.29) is 4.90 Å². The van der Waals surface area contributed by atoms with E-state index in [1.165, 1.54) is 16.6 Å². The van der Waals surface area contributed by atoms with E-state index in [1.54, 1.807) is 13.1 Å². The maximum absolute atomic E-state index is 12.4. The summed E-state index contributed by atoms with van der Waals surface area (Å²) in [5.41, 5.74) is 7.05. The van der Waals surface area contributed by atoms with Gasteiger partial charge < -0.3 is 5.73 Å². The van der Waals surface area contributed by atoms with Crippen molar-refractivity contribution in [1.29, 1.82) is 0 Å².